The summed E-state index contributed by atoms with van der Waals surface area (Å²) >= 11 is 12.1. The first-order valence-corrected chi connectivity index (χ1v) is 21.3. The Balaban J connectivity index is 0.00000315. The maximum atomic E-state index is 14.6. The smallest absolute Gasteiger partial charge is 0.342 e. The van der Waals surface area contributed by atoms with E-state index in [1.165, 1.54) is 6.07 Å². The molecule has 2 heterocycles. The fourth-order valence-electron chi connectivity index (χ4n) is 9.80. The molecule has 6 rings (SSSR count). The van der Waals surface area contributed by atoms with E-state index >= 15 is 0 Å². The SMILES string of the molecule is CC.CCC1CC2C(=O)/C(C(=O)O)=C(/O)C3C(C=CC4C3CC[C@H](C)[C@@H]4OC3CC(O)C(NC(=O)c4[nH]c(Cl)cc4Cl)C(C)O3)C/C=C/C/C=C/[C@@]2(C)C=C1C(=O)O. The molecule has 58 heavy (non-hydrogen) atoms. The lowest BCUT2D eigenvalue weighted by atomic mass is 9.59. The number of carbonyl (C=O) groups is 4. The van der Waals surface area contributed by atoms with Crippen LogP contribution in [0, 0.1) is 46.8 Å². The van der Waals surface area contributed by atoms with Crippen molar-refractivity contribution in [2.75, 3.05) is 0 Å². The first-order chi connectivity index (χ1) is 27.5. The monoisotopic (exact) mass is 844 g/mol. The van der Waals surface area contributed by atoms with E-state index in [9.17, 15) is 39.6 Å². The molecular weight excluding hydrogens is 787 g/mol. The minimum absolute atomic E-state index is 0.0299. The molecule has 0 bridgehead atoms. The highest BCUT2D eigenvalue weighted by atomic mass is 35.5. The zero-order valence-electron chi connectivity index (χ0n) is 34.0. The Morgan fingerprint density at radius 1 is 1.05 bits per heavy atom. The van der Waals surface area contributed by atoms with Crippen molar-refractivity contribution in [3.05, 3.63) is 81.4 Å². The summed E-state index contributed by atoms with van der Waals surface area (Å²) in [4.78, 5) is 55.7. The highest BCUT2D eigenvalue weighted by molar-refractivity contribution is 6.36. The zero-order chi connectivity index (χ0) is 42.6. The van der Waals surface area contributed by atoms with Gasteiger partial charge in [-0.2, -0.15) is 0 Å². The van der Waals surface area contributed by atoms with Crippen molar-refractivity contribution in [3.63, 3.8) is 0 Å². The van der Waals surface area contributed by atoms with Gasteiger partial charge in [0.15, 0.2) is 12.1 Å². The number of rotatable bonds is 7. The third-order valence-corrected chi connectivity index (χ3v) is 13.3. The molecule has 12 nitrogen and oxygen atoms in total. The number of aliphatic hydroxyl groups excluding tert-OH is 2. The van der Waals surface area contributed by atoms with Gasteiger partial charge in [-0.15, -0.1) is 0 Å². The van der Waals surface area contributed by atoms with E-state index in [2.05, 4.69) is 23.3 Å². The van der Waals surface area contributed by atoms with Gasteiger partial charge in [-0.05, 0) is 75.2 Å². The molecule has 13 atom stereocenters. The molecule has 2 fully saturated rings. The summed E-state index contributed by atoms with van der Waals surface area (Å²) < 4.78 is 12.9. The first-order valence-electron chi connectivity index (χ1n) is 20.6. The zero-order valence-corrected chi connectivity index (χ0v) is 35.5. The molecular formula is C44H58Cl2N2O10. The van der Waals surface area contributed by atoms with Crippen LogP contribution in [0.3, 0.4) is 0 Å². The molecule has 1 saturated heterocycles. The van der Waals surface area contributed by atoms with E-state index in [0.29, 0.717) is 32.1 Å². The quantitative estimate of drug-likeness (QED) is 0.115. The topological polar surface area (TPSA) is 195 Å². The fourth-order valence-corrected chi connectivity index (χ4v) is 10.3. The van der Waals surface area contributed by atoms with Crippen LogP contribution >= 0.6 is 23.2 Å². The van der Waals surface area contributed by atoms with Crippen molar-refractivity contribution in [3.8, 4) is 0 Å². The summed E-state index contributed by atoms with van der Waals surface area (Å²) in [5.41, 5.74) is -1.48. The van der Waals surface area contributed by atoms with Gasteiger partial charge in [-0.3, -0.25) is 9.59 Å². The molecule has 1 aliphatic heterocycles. The van der Waals surface area contributed by atoms with Crippen LogP contribution in [0.15, 0.2) is 65.5 Å². The number of amides is 1. The average Bonchev–Trinajstić information content (AvgIpc) is 3.52. The highest BCUT2D eigenvalue weighted by Crippen LogP contribution is 2.51. The van der Waals surface area contributed by atoms with E-state index in [1.807, 2.05) is 45.1 Å². The lowest BCUT2D eigenvalue weighted by molar-refractivity contribution is -0.256. The van der Waals surface area contributed by atoms with Gasteiger partial charge in [0.2, 0.25) is 0 Å². The molecule has 0 spiro atoms. The van der Waals surface area contributed by atoms with Crippen molar-refractivity contribution >= 4 is 46.8 Å². The van der Waals surface area contributed by atoms with Gasteiger partial charge in [-0.25, -0.2) is 9.59 Å². The molecule has 1 aromatic rings. The van der Waals surface area contributed by atoms with Crippen LogP contribution < -0.4 is 5.32 Å². The largest absolute Gasteiger partial charge is 0.511 e. The fraction of sp³-hybridized carbons (Fsp3) is 0.591. The van der Waals surface area contributed by atoms with E-state index in [0.717, 1.165) is 0 Å². The summed E-state index contributed by atoms with van der Waals surface area (Å²) in [6, 6.07) is 0.645. The Morgan fingerprint density at radius 2 is 1.78 bits per heavy atom. The van der Waals surface area contributed by atoms with Crippen LogP contribution in [0.2, 0.25) is 10.2 Å². The predicted octanol–water partition coefficient (Wildman–Crippen LogP) is 8.23. The van der Waals surface area contributed by atoms with Gasteiger partial charge in [0, 0.05) is 35.2 Å². The summed E-state index contributed by atoms with van der Waals surface area (Å²) in [5.74, 6) is -7.26. The van der Waals surface area contributed by atoms with E-state index in [4.69, 9.17) is 32.7 Å². The lowest BCUT2D eigenvalue weighted by Crippen LogP contribution is -2.57. The second-order valence-electron chi connectivity index (χ2n) is 16.3. The Morgan fingerprint density at radius 3 is 2.40 bits per heavy atom. The number of aromatic nitrogens is 1. The Labute approximate surface area is 350 Å². The average molecular weight is 846 g/mol. The number of aliphatic hydroxyl groups is 2. The van der Waals surface area contributed by atoms with E-state index in [1.54, 1.807) is 26.0 Å². The minimum atomic E-state index is -1.52. The molecule has 5 aliphatic rings. The van der Waals surface area contributed by atoms with Crippen molar-refractivity contribution in [1.29, 1.82) is 0 Å². The number of nitrogens with one attached hydrogen (secondary N) is 2. The van der Waals surface area contributed by atoms with Gasteiger partial charge in [0.25, 0.3) is 5.91 Å². The van der Waals surface area contributed by atoms with Crippen LogP contribution in [-0.4, -0.2) is 79.7 Å². The maximum absolute atomic E-state index is 14.6. The van der Waals surface area contributed by atoms with Crippen molar-refractivity contribution in [1.82, 2.24) is 10.3 Å². The highest BCUT2D eigenvalue weighted by Gasteiger charge is 2.51. The number of fused-ring (bicyclic) bond motifs is 4. The van der Waals surface area contributed by atoms with E-state index < -0.39 is 88.8 Å². The number of aromatic amines is 1. The second kappa shape index (κ2) is 19.1. The molecule has 14 heteroatoms. The van der Waals surface area contributed by atoms with Gasteiger partial charge < -0.3 is 40.2 Å². The van der Waals surface area contributed by atoms with Gasteiger partial charge in [0.05, 0.1) is 29.4 Å². The summed E-state index contributed by atoms with van der Waals surface area (Å²) in [5, 5.41) is 47.3. The number of carboxylic acid groups (broad SMARTS) is 2. The van der Waals surface area contributed by atoms with Crippen molar-refractivity contribution in [2.24, 2.45) is 46.8 Å². The molecule has 1 aromatic heterocycles. The Hall–Kier alpha value is -3.68. The number of ketones is 1. The lowest BCUT2D eigenvalue weighted by Gasteiger charge is -2.49. The molecule has 318 valence electrons. The summed E-state index contributed by atoms with van der Waals surface area (Å²) in [7, 11) is 0. The Bertz CT molecular complexity index is 1850. The number of aliphatic carboxylic acids is 2. The van der Waals surface area contributed by atoms with Crippen LogP contribution in [0.25, 0.3) is 0 Å². The van der Waals surface area contributed by atoms with Crippen molar-refractivity contribution in [2.45, 2.75) is 117 Å². The number of H-pyrrole nitrogens is 1. The maximum Gasteiger partial charge on any atom is 0.342 e. The number of ether oxygens (including phenoxy) is 2. The van der Waals surface area contributed by atoms with Crippen LogP contribution in [0.1, 0.15) is 97.0 Å². The van der Waals surface area contributed by atoms with E-state index in [-0.39, 0.29) is 58.0 Å². The number of allylic oxidation sites excluding steroid dienone is 7. The minimum Gasteiger partial charge on any atom is -0.511 e. The van der Waals surface area contributed by atoms with Gasteiger partial charge in [0.1, 0.15) is 22.2 Å². The van der Waals surface area contributed by atoms with Crippen LogP contribution in [0.4, 0.5) is 0 Å². The number of hydrogen-bond acceptors (Lipinski definition) is 8. The van der Waals surface area contributed by atoms with Crippen LogP contribution in [0.5, 0.6) is 0 Å². The third kappa shape index (κ3) is 9.36. The van der Waals surface area contributed by atoms with Gasteiger partial charge >= 0.3 is 11.9 Å². The summed E-state index contributed by atoms with van der Waals surface area (Å²) in [6.07, 6.45) is 13.4. The number of hydrogen-bond donors (Lipinski definition) is 6. The summed E-state index contributed by atoms with van der Waals surface area (Å²) in [6.45, 7) is 11.4. The standard InChI is InChI=1S/C42H52Cl2N2O10.C2H6/c1-5-22-16-27-36(48)33(41(53)54)37(49)32-23(10-8-6-7-9-15-42(27,4)19-26(22)40(51)52)12-14-25-24(32)13-11-20(2)38(25)56-31-18-29(47)34(21(3)55-31)46-39(50)35-28(43)17-30(44)45-35;1-2/h6,8-9,12,14-15,17,19-25,27,29,31-32,34,38,45,47,49H,5,7,10-11,13,16,18H2,1-4H3,(H,46,50)(H,51,52)(H,53,54);1-2H3/b8-6+,15-9+,37-33-;/t20-,21?,22?,23?,24?,25?,27?,29?,31?,32?,34?,38-,42-;/m0./s1. The number of Topliss-reactive ketones (excluding diaryl/α,β-unsaturated/α-hetero) is 1. The molecule has 1 saturated carbocycles. The van der Waals surface area contributed by atoms with Crippen molar-refractivity contribution < 1.29 is 49.1 Å². The molecule has 6 N–H and O–H groups in total. The second-order valence-corrected chi connectivity index (χ2v) is 17.1. The number of carboxylic acids is 2. The molecule has 0 radical (unpaired) electrons. The normalized spacial score (nSPS) is 38.7. The molecule has 0 aromatic carbocycles. The molecule has 1 amide bonds. The van der Waals surface area contributed by atoms with Crippen LogP contribution in [-0.2, 0) is 23.9 Å². The van der Waals surface area contributed by atoms with Gasteiger partial charge in [-0.1, -0.05) is 100 Å². The predicted molar refractivity (Wildman–Crippen MR) is 220 cm³/mol. The number of halogens is 2. The third-order valence-electron chi connectivity index (χ3n) is 12.8. The molecule has 10 unspecified atom stereocenters. The first kappa shape index (κ1) is 45.4. The molecule has 4 aliphatic carbocycles. The number of carbonyl (C=O) groups excluding carboxylic acids is 2. The Kier molecular flexibility index (Phi) is 15.0.